The fourth-order valence-corrected chi connectivity index (χ4v) is 3.86. The third-order valence-corrected chi connectivity index (χ3v) is 5.10. The quantitative estimate of drug-likeness (QED) is 0.805. The number of amides is 1. The minimum absolute atomic E-state index is 0.0399. The molecule has 1 amide bonds. The SMILES string of the molecule is CC(C)C(CNC(=O)C1CC2CCCCC2N1)N(C)C. The van der Waals surface area contributed by atoms with Crippen LogP contribution in [0, 0.1) is 11.8 Å². The van der Waals surface area contributed by atoms with Crippen LogP contribution in [0.5, 0.6) is 0 Å². The monoisotopic (exact) mass is 281 g/mol. The van der Waals surface area contributed by atoms with Crippen molar-refractivity contribution in [2.45, 2.75) is 64.1 Å². The maximum absolute atomic E-state index is 12.3. The summed E-state index contributed by atoms with van der Waals surface area (Å²) < 4.78 is 0. The van der Waals surface area contributed by atoms with E-state index in [2.05, 4.69) is 43.5 Å². The van der Waals surface area contributed by atoms with E-state index in [1.807, 2.05) is 0 Å². The summed E-state index contributed by atoms with van der Waals surface area (Å²) in [5.74, 6) is 1.48. The number of fused-ring (bicyclic) bond motifs is 1. The van der Waals surface area contributed by atoms with Crippen molar-refractivity contribution < 1.29 is 4.79 Å². The van der Waals surface area contributed by atoms with Gasteiger partial charge in [0.1, 0.15) is 0 Å². The minimum atomic E-state index is 0.0399. The topological polar surface area (TPSA) is 44.4 Å². The first-order valence-electron chi connectivity index (χ1n) is 8.19. The molecule has 1 aliphatic heterocycles. The molecule has 1 saturated heterocycles. The first-order valence-corrected chi connectivity index (χ1v) is 8.19. The molecule has 20 heavy (non-hydrogen) atoms. The van der Waals surface area contributed by atoms with Gasteiger partial charge in [-0.25, -0.2) is 0 Å². The van der Waals surface area contributed by atoms with Crippen molar-refractivity contribution in [2.75, 3.05) is 20.6 Å². The summed E-state index contributed by atoms with van der Waals surface area (Å²) in [4.78, 5) is 14.5. The second-order valence-corrected chi connectivity index (χ2v) is 7.13. The largest absolute Gasteiger partial charge is 0.353 e. The molecule has 0 aromatic rings. The zero-order chi connectivity index (χ0) is 14.7. The van der Waals surface area contributed by atoms with Crippen LogP contribution in [0.25, 0.3) is 0 Å². The lowest BCUT2D eigenvalue weighted by molar-refractivity contribution is -0.123. The molecule has 0 radical (unpaired) electrons. The molecule has 0 aromatic heterocycles. The molecule has 4 heteroatoms. The molecule has 1 heterocycles. The van der Waals surface area contributed by atoms with E-state index in [1.54, 1.807) is 0 Å². The lowest BCUT2D eigenvalue weighted by Crippen LogP contribution is -2.48. The highest BCUT2D eigenvalue weighted by atomic mass is 16.2. The average molecular weight is 281 g/mol. The maximum atomic E-state index is 12.3. The van der Waals surface area contributed by atoms with Gasteiger partial charge < -0.3 is 15.5 Å². The molecular formula is C16H31N3O. The van der Waals surface area contributed by atoms with Gasteiger partial charge in [0.15, 0.2) is 0 Å². The number of hydrogen-bond donors (Lipinski definition) is 2. The Morgan fingerprint density at radius 2 is 2.00 bits per heavy atom. The van der Waals surface area contributed by atoms with Crippen molar-refractivity contribution >= 4 is 5.91 Å². The van der Waals surface area contributed by atoms with E-state index in [4.69, 9.17) is 0 Å². The highest BCUT2D eigenvalue weighted by Gasteiger charge is 2.38. The number of carbonyl (C=O) groups excluding carboxylic acids is 1. The molecule has 4 nitrogen and oxygen atoms in total. The highest BCUT2D eigenvalue weighted by molar-refractivity contribution is 5.82. The normalized spacial score (nSPS) is 31.4. The highest BCUT2D eigenvalue weighted by Crippen LogP contribution is 2.33. The molecule has 0 spiro atoms. The first kappa shape index (κ1) is 15.8. The van der Waals surface area contributed by atoms with Crippen molar-refractivity contribution in [2.24, 2.45) is 11.8 Å². The Morgan fingerprint density at radius 3 is 2.60 bits per heavy atom. The third kappa shape index (κ3) is 3.73. The number of carbonyl (C=O) groups is 1. The van der Waals surface area contributed by atoms with Gasteiger partial charge in [-0.3, -0.25) is 4.79 Å². The molecule has 2 fully saturated rings. The van der Waals surface area contributed by atoms with E-state index in [-0.39, 0.29) is 11.9 Å². The van der Waals surface area contributed by atoms with Crippen molar-refractivity contribution in [1.82, 2.24) is 15.5 Å². The zero-order valence-corrected chi connectivity index (χ0v) is 13.5. The number of nitrogens with zero attached hydrogens (tertiary/aromatic N) is 1. The Labute approximate surface area is 123 Å². The molecular weight excluding hydrogens is 250 g/mol. The van der Waals surface area contributed by atoms with Gasteiger partial charge in [0.25, 0.3) is 0 Å². The van der Waals surface area contributed by atoms with Crippen LogP contribution in [0.1, 0.15) is 46.0 Å². The van der Waals surface area contributed by atoms with E-state index in [0.717, 1.165) is 18.9 Å². The molecule has 0 aromatic carbocycles. The van der Waals surface area contributed by atoms with Crippen LogP contribution >= 0.6 is 0 Å². The fraction of sp³-hybridized carbons (Fsp3) is 0.938. The van der Waals surface area contributed by atoms with Gasteiger partial charge in [0.05, 0.1) is 6.04 Å². The minimum Gasteiger partial charge on any atom is -0.353 e. The third-order valence-electron chi connectivity index (χ3n) is 5.10. The summed E-state index contributed by atoms with van der Waals surface area (Å²) in [5.41, 5.74) is 0. The van der Waals surface area contributed by atoms with Crippen LogP contribution in [0.3, 0.4) is 0 Å². The summed E-state index contributed by atoms with van der Waals surface area (Å²) in [6.45, 7) is 5.16. The van der Waals surface area contributed by atoms with Crippen molar-refractivity contribution in [3.8, 4) is 0 Å². The van der Waals surface area contributed by atoms with E-state index >= 15 is 0 Å². The molecule has 2 rings (SSSR count). The number of nitrogens with one attached hydrogen (secondary N) is 2. The lowest BCUT2D eigenvalue weighted by atomic mass is 9.85. The van der Waals surface area contributed by atoms with Gasteiger partial charge in [-0.15, -0.1) is 0 Å². The van der Waals surface area contributed by atoms with Crippen LogP contribution in [0.15, 0.2) is 0 Å². The lowest BCUT2D eigenvalue weighted by Gasteiger charge is -2.28. The van der Waals surface area contributed by atoms with Gasteiger partial charge >= 0.3 is 0 Å². The molecule has 4 atom stereocenters. The first-order chi connectivity index (χ1) is 9.49. The van der Waals surface area contributed by atoms with Crippen molar-refractivity contribution in [3.05, 3.63) is 0 Å². The van der Waals surface area contributed by atoms with Gasteiger partial charge in [-0.1, -0.05) is 26.7 Å². The summed E-state index contributed by atoms with van der Waals surface area (Å²) in [7, 11) is 4.17. The smallest absolute Gasteiger partial charge is 0.237 e. The molecule has 1 aliphatic carbocycles. The number of hydrogen-bond acceptors (Lipinski definition) is 3. The predicted molar refractivity (Wildman–Crippen MR) is 82.6 cm³/mol. The molecule has 4 unspecified atom stereocenters. The Bertz CT molecular complexity index is 308. The van der Waals surface area contributed by atoms with Crippen LogP contribution < -0.4 is 10.6 Å². The molecule has 1 saturated carbocycles. The summed E-state index contributed by atoms with van der Waals surface area (Å²) >= 11 is 0. The molecule has 116 valence electrons. The molecule has 2 N–H and O–H groups in total. The van der Waals surface area contributed by atoms with Gasteiger partial charge in [-0.05, 0) is 45.2 Å². The van der Waals surface area contributed by atoms with Crippen molar-refractivity contribution in [1.29, 1.82) is 0 Å². The van der Waals surface area contributed by atoms with Gasteiger partial charge in [0, 0.05) is 18.6 Å². The summed E-state index contributed by atoms with van der Waals surface area (Å²) in [6, 6.07) is 1.04. The molecule has 2 aliphatic rings. The standard InChI is InChI=1S/C16H31N3O/c1-11(2)15(19(3)4)10-17-16(20)14-9-12-7-5-6-8-13(12)18-14/h11-15,18H,5-10H2,1-4H3,(H,17,20). The van der Waals surface area contributed by atoms with E-state index in [9.17, 15) is 4.79 Å². The Hall–Kier alpha value is -0.610. The zero-order valence-electron chi connectivity index (χ0n) is 13.5. The van der Waals surface area contributed by atoms with Crippen LogP contribution in [0.4, 0.5) is 0 Å². The molecule has 0 bridgehead atoms. The average Bonchev–Trinajstić information content (AvgIpc) is 2.81. The second kappa shape index (κ2) is 6.90. The van der Waals surface area contributed by atoms with E-state index in [0.29, 0.717) is 18.0 Å². The predicted octanol–water partition coefficient (Wildman–Crippen LogP) is 1.61. The van der Waals surface area contributed by atoms with E-state index in [1.165, 1.54) is 25.7 Å². The van der Waals surface area contributed by atoms with Crippen LogP contribution in [-0.4, -0.2) is 49.6 Å². The summed E-state index contributed by atoms with van der Waals surface area (Å²) in [6.07, 6.45) is 6.24. The second-order valence-electron chi connectivity index (χ2n) is 7.13. The summed E-state index contributed by atoms with van der Waals surface area (Å²) in [5, 5.41) is 6.70. The Morgan fingerprint density at radius 1 is 1.30 bits per heavy atom. The van der Waals surface area contributed by atoms with Gasteiger partial charge in [0.2, 0.25) is 5.91 Å². The van der Waals surface area contributed by atoms with Crippen LogP contribution in [0.2, 0.25) is 0 Å². The van der Waals surface area contributed by atoms with Crippen LogP contribution in [-0.2, 0) is 4.79 Å². The Kier molecular flexibility index (Phi) is 5.44. The van der Waals surface area contributed by atoms with E-state index < -0.39 is 0 Å². The number of rotatable bonds is 5. The fourth-order valence-electron chi connectivity index (χ4n) is 3.86. The Balaban J connectivity index is 1.80. The van der Waals surface area contributed by atoms with Gasteiger partial charge in [-0.2, -0.15) is 0 Å². The maximum Gasteiger partial charge on any atom is 0.237 e. The number of likely N-dealkylation sites (N-methyl/N-ethyl adjacent to an activating group) is 1. The van der Waals surface area contributed by atoms with Crippen molar-refractivity contribution in [3.63, 3.8) is 0 Å².